The van der Waals surface area contributed by atoms with Crippen molar-refractivity contribution in [1.29, 1.82) is 0 Å². The van der Waals surface area contributed by atoms with Crippen LogP contribution in [-0.4, -0.2) is 20.7 Å². The summed E-state index contributed by atoms with van der Waals surface area (Å²) in [6, 6.07) is 6.88. The van der Waals surface area contributed by atoms with Gasteiger partial charge in [-0.2, -0.15) is 0 Å². The van der Waals surface area contributed by atoms with Crippen molar-refractivity contribution in [3.8, 4) is 12.3 Å². The third-order valence-corrected chi connectivity index (χ3v) is 3.64. The van der Waals surface area contributed by atoms with Gasteiger partial charge in [0.25, 0.3) is 0 Å². The topological polar surface area (TPSA) is 46.2 Å². The molecule has 0 aromatic heterocycles. The normalized spacial score (nSPS) is 13.0. The van der Waals surface area contributed by atoms with Gasteiger partial charge in [0.1, 0.15) is 0 Å². The molecule has 0 saturated carbocycles. The lowest BCUT2D eigenvalue weighted by atomic mass is 10.2. The summed E-state index contributed by atoms with van der Waals surface area (Å²) in [6.45, 7) is 2.66. The number of hydrogen-bond acceptors (Lipinski definition) is 3. The summed E-state index contributed by atoms with van der Waals surface area (Å²) in [5, 5.41) is 3.21. The van der Waals surface area contributed by atoms with Crippen molar-refractivity contribution in [2.75, 3.05) is 6.26 Å². The SMILES string of the molecule is C#CC(CC)NCc1ccc(S(C)(=O)=O)cc1. The molecule has 17 heavy (non-hydrogen) atoms. The van der Waals surface area contributed by atoms with Crippen molar-refractivity contribution >= 4 is 9.84 Å². The molecule has 92 valence electrons. The van der Waals surface area contributed by atoms with Gasteiger partial charge in [-0.25, -0.2) is 8.42 Å². The van der Waals surface area contributed by atoms with Gasteiger partial charge in [0.2, 0.25) is 0 Å². The Balaban J connectivity index is 2.67. The molecule has 0 aliphatic rings. The van der Waals surface area contributed by atoms with Crippen LogP contribution in [0.1, 0.15) is 18.9 Å². The van der Waals surface area contributed by atoms with E-state index in [4.69, 9.17) is 6.42 Å². The smallest absolute Gasteiger partial charge is 0.175 e. The molecule has 3 nitrogen and oxygen atoms in total. The van der Waals surface area contributed by atoms with Crippen LogP contribution in [0.15, 0.2) is 29.2 Å². The van der Waals surface area contributed by atoms with Gasteiger partial charge in [-0.05, 0) is 24.1 Å². The lowest BCUT2D eigenvalue weighted by molar-refractivity contribution is 0.591. The fourth-order valence-corrected chi connectivity index (χ4v) is 2.05. The first kappa shape index (κ1) is 13.8. The van der Waals surface area contributed by atoms with Gasteiger partial charge in [0.15, 0.2) is 9.84 Å². The van der Waals surface area contributed by atoms with Crippen molar-refractivity contribution in [2.24, 2.45) is 0 Å². The summed E-state index contributed by atoms with van der Waals surface area (Å²) in [4.78, 5) is 0.338. The van der Waals surface area contributed by atoms with Crippen LogP contribution in [0, 0.1) is 12.3 Å². The van der Waals surface area contributed by atoms with Gasteiger partial charge < -0.3 is 0 Å². The average molecular weight is 251 g/mol. The van der Waals surface area contributed by atoms with Crippen molar-refractivity contribution < 1.29 is 8.42 Å². The Kier molecular flexibility index (Phi) is 4.73. The molecule has 1 unspecified atom stereocenters. The molecular weight excluding hydrogens is 234 g/mol. The first-order chi connectivity index (χ1) is 7.97. The molecule has 1 N–H and O–H groups in total. The van der Waals surface area contributed by atoms with E-state index < -0.39 is 9.84 Å². The quantitative estimate of drug-likeness (QED) is 0.808. The van der Waals surface area contributed by atoms with Gasteiger partial charge in [0, 0.05) is 12.8 Å². The zero-order valence-electron chi connectivity index (χ0n) is 10.1. The van der Waals surface area contributed by atoms with E-state index in [1.807, 2.05) is 6.92 Å². The second-order valence-electron chi connectivity index (χ2n) is 3.92. The molecule has 0 spiro atoms. The highest BCUT2D eigenvalue weighted by Crippen LogP contribution is 2.10. The second-order valence-corrected chi connectivity index (χ2v) is 5.94. The summed E-state index contributed by atoms with van der Waals surface area (Å²) >= 11 is 0. The van der Waals surface area contributed by atoms with Gasteiger partial charge >= 0.3 is 0 Å². The summed E-state index contributed by atoms with van der Waals surface area (Å²) in [6.07, 6.45) is 7.41. The molecule has 0 heterocycles. The molecule has 0 saturated heterocycles. The van der Waals surface area contributed by atoms with Crippen LogP contribution in [0.3, 0.4) is 0 Å². The van der Waals surface area contributed by atoms with Gasteiger partial charge in [-0.3, -0.25) is 5.32 Å². The predicted octanol–water partition coefficient (Wildman–Crippen LogP) is 1.59. The largest absolute Gasteiger partial charge is 0.300 e. The standard InChI is InChI=1S/C13H17NO2S/c1-4-12(5-2)14-10-11-6-8-13(9-7-11)17(3,15)16/h1,6-9,12,14H,5,10H2,2-3H3. The molecule has 1 aromatic carbocycles. The number of sulfone groups is 1. The molecular formula is C13H17NO2S. The summed E-state index contributed by atoms with van der Waals surface area (Å²) < 4.78 is 22.5. The van der Waals surface area contributed by atoms with Crippen molar-refractivity contribution in [3.05, 3.63) is 29.8 Å². The fourth-order valence-electron chi connectivity index (χ4n) is 1.42. The third kappa shape index (κ3) is 4.22. The van der Waals surface area contributed by atoms with Crippen LogP contribution < -0.4 is 5.32 Å². The van der Waals surface area contributed by atoms with Crippen molar-refractivity contribution in [3.63, 3.8) is 0 Å². The van der Waals surface area contributed by atoms with Crippen LogP contribution >= 0.6 is 0 Å². The predicted molar refractivity (Wildman–Crippen MR) is 69.3 cm³/mol. The summed E-state index contributed by atoms with van der Waals surface area (Å²) in [5.41, 5.74) is 1.02. The van der Waals surface area contributed by atoms with E-state index in [9.17, 15) is 8.42 Å². The monoisotopic (exact) mass is 251 g/mol. The molecule has 0 fully saturated rings. The Hall–Kier alpha value is -1.31. The molecule has 0 amide bonds. The lowest BCUT2D eigenvalue weighted by Crippen LogP contribution is -2.26. The molecule has 1 atom stereocenters. The minimum absolute atomic E-state index is 0.0598. The summed E-state index contributed by atoms with van der Waals surface area (Å²) in [7, 11) is -3.11. The average Bonchev–Trinajstić information content (AvgIpc) is 2.30. The molecule has 0 aliphatic heterocycles. The van der Waals surface area contributed by atoms with E-state index in [0.29, 0.717) is 11.4 Å². The maximum atomic E-state index is 11.3. The Labute approximate surface area is 103 Å². The van der Waals surface area contributed by atoms with E-state index in [1.165, 1.54) is 6.26 Å². The number of nitrogens with one attached hydrogen (secondary N) is 1. The van der Waals surface area contributed by atoms with Crippen molar-refractivity contribution in [1.82, 2.24) is 5.32 Å². The van der Waals surface area contributed by atoms with Crippen LogP contribution in [0.5, 0.6) is 0 Å². The number of hydrogen-bond donors (Lipinski definition) is 1. The minimum atomic E-state index is -3.11. The van der Waals surface area contributed by atoms with Crippen LogP contribution in [-0.2, 0) is 16.4 Å². The molecule has 0 radical (unpaired) electrons. The van der Waals surface area contributed by atoms with Gasteiger partial charge in [-0.1, -0.05) is 25.0 Å². The molecule has 1 rings (SSSR count). The highest BCUT2D eigenvalue weighted by molar-refractivity contribution is 7.90. The van der Waals surface area contributed by atoms with Crippen LogP contribution in [0.4, 0.5) is 0 Å². The minimum Gasteiger partial charge on any atom is -0.300 e. The zero-order chi connectivity index (χ0) is 12.9. The zero-order valence-corrected chi connectivity index (χ0v) is 10.9. The Morgan fingerprint density at radius 3 is 2.35 bits per heavy atom. The van der Waals surface area contributed by atoms with E-state index in [2.05, 4.69) is 11.2 Å². The molecule has 0 aliphatic carbocycles. The van der Waals surface area contributed by atoms with Crippen LogP contribution in [0.2, 0.25) is 0 Å². The Morgan fingerprint density at radius 2 is 1.94 bits per heavy atom. The maximum absolute atomic E-state index is 11.3. The van der Waals surface area contributed by atoms with Gasteiger partial charge in [0.05, 0.1) is 10.9 Å². The van der Waals surface area contributed by atoms with E-state index in [1.54, 1.807) is 24.3 Å². The number of terminal acetylenes is 1. The highest BCUT2D eigenvalue weighted by atomic mass is 32.2. The molecule has 4 heteroatoms. The van der Waals surface area contributed by atoms with E-state index >= 15 is 0 Å². The lowest BCUT2D eigenvalue weighted by Gasteiger charge is -2.10. The second kappa shape index (κ2) is 5.85. The first-order valence-corrected chi connectivity index (χ1v) is 7.35. The van der Waals surface area contributed by atoms with Crippen LogP contribution in [0.25, 0.3) is 0 Å². The Morgan fingerprint density at radius 1 is 1.35 bits per heavy atom. The summed E-state index contributed by atoms with van der Waals surface area (Å²) in [5.74, 6) is 2.65. The Bertz CT molecular complexity index is 497. The number of benzene rings is 1. The fraction of sp³-hybridized carbons (Fsp3) is 0.385. The highest BCUT2D eigenvalue weighted by Gasteiger charge is 2.06. The van der Waals surface area contributed by atoms with Gasteiger partial charge in [-0.15, -0.1) is 6.42 Å². The van der Waals surface area contributed by atoms with E-state index in [-0.39, 0.29) is 6.04 Å². The molecule has 1 aromatic rings. The molecule has 0 bridgehead atoms. The third-order valence-electron chi connectivity index (χ3n) is 2.51. The maximum Gasteiger partial charge on any atom is 0.175 e. The van der Waals surface area contributed by atoms with Crippen molar-refractivity contribution in [2.45, 2.75) is 30.8 Å². The van der Waals surface area contributed by atoms with E-state index in [0.717, 1.165) is 12.0 Å². The first-order valence-electron chi connectivity index (χ1n) is 5.46. The number of rotatable bonds is 5.